The van der Waals surface area contributed by atoms with E-state index in [1.54, 1.807) is 0 Å². The van der Waals surface area contributed by atoms with Crippen molar-refractivity contribution in [3.63, 3.8) is 0 Å². The smallest absolute Gasteiger partial charge is 0.0573 e. The molecule has 0 bridgehead atoms. The Morgan fingerprint density at radius 1 is 1.30 bits per heavy atom. The Hall–Kier alpha value is -0.930. The van der Waals surface area contributed by atoms with Gasteiger partial charge in [0.05, 0.1) is 5.69 Å². The number of aromatic nitrogens is 1. The van der Waals surface area contributed by atoms with E-state index in [0.29, 0.717) is 6.04 Å². The van der Waals surface area contributed by atoms with E-state index in [1.165, 1.54) is 43.4 Å². The third-order valence-corrected chi connectivity index (χ3v) is 5.06. The molecule has 2 aliphatic rings. The maximum absolute atomic E-state index is 4.59. The summed E-state index contributed by atoms with van der Waals surface area (Å²) >= 11 is 0. The normalized spacial score (nSPS) is 25.8. The summed E-state index contributed by atoms with van der Waals surface area (Å²) in [4.78, 5) is 7.27. The molecule has 0 aromatic carbocycles. The number of aryl methyl sites for hydroxylation is 1. The molecule has 0 spiro atoms. The minimum absolute atomic E-state index is 0.713. The lowest BCUT2D eigenvalue weighted by Gasteiger charge is -2.42. The second-order valence-corrected chi connectivity index (χ2v) is 6.41. The molecular formula is C17H27N3. The summed E-state index contributed by atoms with van der Waals surface area (Å²) in [5, 5.41) is 3.60. The fourth-order valence-corrected chi connectivity index (χ4v) is 3.82. The molecule has 2 heterocycles. The molecule has 3 nitrogen and oxygen atoms in total. The summed E-state index contributed by atoms with van der Waals surface area (Å²) in [6.45, 7) is 6.65. The second kappa shape index (κ2) is 6.68. The number of rotatable bonds is 3. The Balaban J connectivity index is 1.70. The van der Waals surface area contributed by atoms with Crippen LogP contribution in [0, 0.1) is 12.8 Å². The van der Waals surface area contributed by atoms with Crippen LogP contribution in [0.2, 0.25) is 0 Å². The summed E-state index contributed by atoms with van der Waals surface area (Å²) in [6, 6.07) is 4.93. The minimum atomic E-state index is 0.713. The van der Waals surface area contributed by atoms with E-state index in [-0.39, 0.29) is 0 Å². The Labute approximate surface area is 122 Å². The van der Waals surface area contributed by atoms with E-state index in [9.17, 15) is 0 Å². The Kier molecular flexibility index (Phi) is 4.69. The van der Waals surface area contributed by atoms with Gasteiger partial charge >= 0.3 is 0 Å². The lowest BCUT2D eigenvalue weighted by molar-refractivity contribution is 0.0847. The van der Waals surface area contributed by atoms with E-state index in [4.69, 9.17) is 0 Å². The largest absolute Gasteiger partial charge is 0.314 e. The first-order chi connectivity index (χ1) is 9.84. The molecule has 0 radical (unpaired) electrons. The van der Waals surface area contributed by atoms with Crippen LogP contribution in [0.15, 0.2) is 18.3 Å². The molecule has 1 saturated carbocycles. The van der Waals surface area contributed by atoms with E-state index in [0.717, 1.165) is 32.1 Å². The molecule has 1 aromatic heterocycles. The predicted octanol–water partition coefficient (Wildman–Crippen LogP) is 2.74. The average molecular weight is 273 g/mol. The van der Waals surface area contributed by atoms with Gasteiger partial charge in [-0.15, -0.1) is 0 Å². The van der Waals surface area contributed by atoms with E-state index in [2.05, 4.69) is 28.2 Å². The van der Waals surface area contributed by atoms with Gasteiger partial charge in [-0.05, 0) is 37.3 Å². The highest BCUT2D eigenvalue weighted by atomic mass is 15.2. The van der Waals surface area contributed by atoms with Crippen molar-refractivity contribution in [2.45, 2.75) is 51.6 Å². The van der Waals surface area contributed by atoms with Gasteiger partial charge < -0.3 is 5.32 Å². The molecule has 110 valence electrons. The molecule has 20 heavy (non-hydrogen) atoms. The third-order valence-electron chi connectivity index (χ3n) is 5.06. The molecule has 2 fully saturated rings. The molecule has 1 N–H and O–H groups in total. The molecule has 1 aromatic rings. The summed E-state index contributed by atoms with van der Waals surface area (Å²) in [5.74, 6) is 0.889. The van der Waals surface area contributed by atoms with Gasteiger partial charge in [0.25, 0.3) is 0 Å². The fourth-order valence-electron chi connectivity index (χ4n) is 3.82. The van der Waals surface area contributed by atoms with Crippen LogP contribution < -0.4 is 5.32 Å². The quantitative estimate of drug-likeness (QED) is 0.918. The van der Waals surface area contributed by atoms with Gasteiger partial charge in [-0.3, -0.25) is 9.88 Å². The molecular weight excluding hydrogens is 246 g/mol. The number of hydrogen-bond donors (Lipinski definition) is 1. The first-order valence-electron chi connectivity index (χ1n) is 8.20. The molecule has 1 atom stereocenters. The zero-order valence-electron chi connectivity index (χ0n) is 12.6. The highest BCUT2D eigenvalue weighted by molar-refractivity contribution is 5.17. The SMILES string of the molecule is Cc1cccnc1CN1CCNCC1C1CCCCC1. The predicted molar refractivity (Wildman–Crippen MR) is 82.6 cm³/mol. The second-order valence-electron chi connectivity index (χ2n) is 6.41. The summed E-state index contributed by atoms with van der Waals surface area (Å²) in [6.07, 6.45) is 9.07. The van der Waals surface area contributed by atoms with Gasteiger partial charge in [0.1, 0.15) is 0 Å². The Bertz CT molecular complexity index is 426. The van der Waals surface area contributed by atoms with E-state index in [1.807, 2.05) is 12.3 Å². The summed E-state index contributed by atoms with van der Waals surface area (Å²) in [5.41, 5.74) is 2.59. The van der Waals surface area contributed by atoms with Gasteiger partial charge in [0, 0.05) is 38.4 Å². The van der Waals surface area contributed by atoms with Crippen molar-refractivity contribution in [3.8, 4) is 0 Å². The molecule has 3 rings (SSSR count). The third kappa shape index (κ3) is 3.21. The molecule has 1 aliphatic heterocycles. The summed E-state index contributed by atoms with van der Waals surface area (Å²) < 4.78 is 0. The van der Waals surface area contributed by atoms with Gasteiger partial charge in [0.15, 0.2) is 0 Å². The number of nitrogens with one attached hydrogen (secondary N) is 1. The van der Waals surface area contributed by atoms with Crippen LogP contribution in [0.3, 0.4) is 0 Å². The number of piperazine rings is 1. The highest BCUT2D eigenvalue weighted by Gasteiger charge is 2.30. The topological polar surface area (TPSA) is 28.2 Å². The standard InChI is InChI=1S/C17H27N3/c1-14-6-5-9-19-16(14)13-20-11-10-18-12-17(20)15-7-3-2-4-8-15/h5-6,9,15,17-18H,2-4,7-8,10-13H2,1H3. The van der Waals surface area contributed by atoms with E-state index >= 15 is 0 Å². The molecule has 1 saturated heterocycles. The maximum atomic E-state index is 4.59. The van der Waals surface area contributed by atoms with Gasteiger partial charge in [-0.1, -0.05) is 25.3 Å². The Morgan fingerprint density at radius 3 is 2.95 bits per heavy atom. The van der Waals surface area contributed by atoms with Crippen molar-refractivity contribution in [1.82, 2.24) is 15.2 Å². The number of pyridine rings is 1. The van der Waals surface area contributed by atoms with Crippen LogP contribution in [0.25, 0.3) is 0 Å². The van der Waals surface area contributed by atoms with Crippen LogP contribution in [0.1, 0.15) is 43.4 Å². The fraction of sp³-hybridized carbons (Fsp3) is 0.706. The first kappa shape index (κ1) is 14.0. The van der Waals surface area contributed by atoms with Crippen molar-refractivity contribution in [3.05, 3.63) is 29.6 Å². The maximum Gasteiger partial charge on any atom is 0.0573 e. The summed E-state index contributed by atoms with van der Waals surface area (Å²) in [7, 11) is 0. The first-order valence-corrected chi connectivity index (χ1v) is 8.20. The van der Waals surface area contributed by atoms with Crippen LogP contribution in [-0.4, -0.2) is 35.6 Å². The number of hydrogen-bond acceptors (Lipinski definition) is 3. The van der Waals surface area contributed by atoms with Crippen molar-refractivity contribution in [2.24, 2.45) is 5.92 Å². The zero-order valence-corrected chi connectivity index (χ0v) is 12.6. The average Bonchev–Trinajstić information content (AvgIpc) is 2.51. The van der Waals surface area contributed by atoms with Crippen molar-refractivity contribution >= 4 is 0 Å². The lowest BCUT2D eigenvalue weighted by atomic mass is 9.82. The van der Waals surface area contributed by atoms with Gasteiger partial charge in [-0.2, -0.15) is 0 Å². The van der Waals surface area contributed by atoms with Crippen molar-refractivity contribution in [1.29, 1.82) is 0 Å². The van der Waals surface area contributed by atoms with Gasteiger partial charge in [0.2, 0.25) is 0 Å². The Morgan fingerprint density at radius 2 is 2.15 bits per heavy atom. The lowest BCUT2D eigenvalue weighted by Crippen LogP contribution is -2.54. The molecule has 0 amide bonds. The van der Waals surface area contributed by atoms with Crippen molar-refractivity contribution in [2.75, 3.05) is 19.6 Å². The van der Waals surface area contributed by atoms with Crippen LogP contribution >= 0.6 is 0 Å². The molecule has 1 aliphatic carbocycles. The molecule has 1 unspecified atom stereocenters. The van der Waals surface area contributed by atoms with Crippen LogP contribution in [-0.2, 0) is 6.54 Å². The van der Waals surface area contributed by atoms with Gasteiger partial charge in [-0.25, -0.2) is 0 Å². The van der Waals surface area contributed by atoms with Crippen LogP contribution in [0.4, 0.5) is 0 Å². The van der Waals surface area contributed by atoms with Crippen LogP contribution in [0.5, 0.6) is 0 Å². The molecule has 3 heteroatoms. The zero-order chi connectivity index (χ0) is 13.8. The minimum Gasteiger partial charge on any atom is -0.314 e. The highest BCUT2D eigenvalue weighted by Crippen LogP contribution is 2.30. The van der Waals surface area contributed by atoms with E-state index < -0.39 is 0 Å². The van der Waals surface area contributed by atoms with Crippen molar-refractivity contribution < 1.29 is 0 Å². The number of nitrogens with zero attached hydrogens (tertiary/aromatic N) is 2. The monoisotopic (exact) mass is 273 g/mol.